The van der Waals surface area contributed by atoms with Crippen LogP contribution in [0.15, 0.2) is 30.3 Å². The normalized spacial score (nSPS) is 18.0. The van der Waals surface area contributed by atoms with Gasteiger partial charge in [-0.25, -0.2) is 0 Å². The van der Waals surface area contributed by atoms with Crippen molar-refractivity contribution < 1.29 is 14.7 Å². The van der Waals surface area contributed by atoms with Crippen molar-refractivity contribution in [3.8, 4) is 0 Å². The van der Waals surface area contributed by atoms with Gasteiger partial charge in [-0.05, 0) is 32.5 Å². The summed E-state index contributed by atoms with van der Waals surface area (Å²) < 4.78 is 0. The van der Waals surface area contributed by atoms with Crippen LogP contribution >= 0.6 is 0 Å². The number of nitrogens with zero attached hydrogens (tertiary/aromatic N) is 1. The van der Waals surface area contributed by atoms with Crippen LogP contribution in [-0.4, -0.2) is 42.5 Å². The third-order valence-corrected chi connectivity index (χ3v) is 4.53. The molecule has 1 aromatic carbocycles. The van der Waals surface area contributed by atoms with Crippen LogP contribution < -0.4 is 10.9 Å². The summed E-state index contributed by atoms with van der Waals surface area (Å²) in [4.78, 5) is 26.2. The van der Waals surface area contributed by atoms with Gasteiger partial charge in [0, 0.05) is 5.92 Å². The first-order valence-electron chi connectivity index (χ1n) is 8.46. The van der Waals surface area contributed by atoms with E-state index in [0.717, 1.165) is 32.1 Å². The molecule has 0 bridgehead atoms. The number of carbonyl (C=O) groups excluding carboxylic acids is 2. The monoisotopic (exact) mass is 333 g/mol. The first kappa shape index (κ1) is 18.4. The topological polar surface area (TPSA) is 81.7 Å². The van der Waals surface area contributed by atoms with Crippen LogP contribution in [0.3, 0.4) is 0 Å². The molecule has 1 aliphatic rings. The summed E-state index contributed by atoms with van der Waals surface area (Å²) in [6.45, 7) is 0.160. The van der Waals surface area contributed by atoms with Crippen molar-refractivity contribution in [3.05, 3.63) is 35.9 Å². The van der Waals surface area contributed by atoms with E-state index in [2.05, 4.69) is 10.9 Å². The quantitative estimate of drug-likeness (QED) is 0.707. The van der Waals surface area contributed by atoms with E-state index < -0.39 is 11.5 Å². The van der Waals surface area contributed by atoms with Crippen LogP contribution in [-0.2, 0) is 15.2 Å². The van der Waals surface area contributed by atoms with E-state index in [4.69, 9.17) is 0 Å². The van der Waals surface area contributed by atoms with Crippen molar-refractivity contribution in [3.63, 3.8) is 0 Å². The lowest BCUT2D eigenvalue weighted by Crippen LogP contribution is -2.56. The van der Waals surface area contributed by atoms with Gasteiger partial charge < -0.3 is 10.0 Å². The Morgan fingerprint density at radius 1 is 1.12 bits per heavy atom. The average molecular weight is 333 g/mol. The van der Waals surface area contributed by atoms with E-state index in [1.165, 1.54) is 0 Å². The molecule has 0 aromatic heterocycles. The highest BCUT2D eigenvalue weighted by atomic mass is 16.3. The Labute approximate surface area is 143 Å². The van der Waals surface area contributed by atoms with Crippen LogP contribution in [0.2, 0.25) is 0 Å². The maximum Gasteiger partial charge on any atom is 0.275 e. The summed E-state index contributed by atoms with van der Waals surface area (Å²) >= 11 is 0. The lowest BCUT2D eigenvalue weighted by molar-refractivity contribution is -0.152. The fourth-order valence-electron chi connectivity index (χ4n) is 3.31. The minimum atomic E-state index is -1.63. The van der Waals surface area contributed by atoms with Crippen molar-refractivity contribution in [2.45, 2.75) is 37.7 Å². The smallest absolute Gasteiger partial charge is 0.275 e. The molecule has 1 atom stereocenters. The van der Waals surface area contributed by atoms with Crippen LogP contribution in [0.25, 0.3) is 0 Å². The van der Waals surface area contributed by atoms with Gasteiger partial charge in [0.05, 0.1) is 6.54 Å². The molecule has 0 saturated heterocycles. The average Bonchev–Trinajstić information content (AvgIpc) is 2.60. The minimum absolute atomic E-state index is 0.153. The Hall–Kier alpha value is -1.92. The molecule has 2 rings (SSSR count). The summed E-state index contributed by atoms with van der Waals surface area (Å²) in [5.74, 6) is -1.06. The van der Waals surface area contributed by atoms with Crippen molar-refractivity contribution in [2.75, 3.05) is 20.6 Å². The number of rotatable bonds is 5. The predicted octanol–water partition coefficient (Wildman–Crippen LogP) is 1.16. The van der Waals surface area contributed by atoms with Gasteiger partial charge in [-0.1, -0.05) is 49.6 Å². The number of aliphatic hydroxyl groups is 1. The zero-order valence-electron chi connectivity index (χ0n) is 14.4. The van der Waals surface area contributed by atoms with Gasteiger partial charge in [-0.3, -0.25) is 20.4 Å². The van der Waals surface area contributed by atoms with Gasteiger partial charge in [0.15, 0.2) is 5.60 Å². The number of hydrogen-bond acceptors (Lipinski definition) is 4. The van der Waals surface area contributed by atoms with E-state index in [-0.39, 0.29) is 18.4 Å². The molecule has 0 aliphatic heterocycles. The van der Waals surface area contributed by atoms with Crippen molar-refractivity contribution in [1.29, 1.82) is 0 Å². The highest BCUT2D eigenvalue weighted by Gasteiger charge is 2.45. The molecule has 1 aromatic rings. The highest BCUT2D eigenvalue weighted by molar-refractivity contribution is 5.89. The molecule has 3 N–H and O–H groups in total. The molecule has 1 unspecified atom stereocenters. The zero-order valence-corrected chi connectivity index (χ0v) is 14.4. The lowest BCUT2D eigenvalue weighted by Gasteiger charge is -2.37. The second-order valence-electron chi connectivity index (χ2n) is 6.71. The largest absolute Gasteiger partial charge is 0.375 e. The van der Waals surface area contributed by atoms with E-state index >= 15 is 0 Å². The summed E-state index contributed by atoms with van der Waals surface area (Å²) in [6.07, 6.45) is 4.72. The van der Waals surface area contributed by atoms with Gasteiger partial charge in [0.25, 0.3) is 11.8 Å². The molecule has 132 valence electrons. The van der Waals surface area contributed by atoms with Gasteiger partial charge in [0.2, 0.25) is 0 Å². The standard InChI is InChI=1S/C18H27N3O3/c1-21(2)13-16(22)19-20-17(23)18(24,14-9-5-3-6-10-14)15-11-7-4-8-12-15/h3,5-6,9-10,15,24H,4,7-8,11-13H2,1-2H3,(H,19,22)(H,20,23). The minimum Gasteiger partial charge on any atom is -0.375 e. The van der Waals surface area contributed by atoms with Crippen LogP contribution in [0.5, 0.6) is 0 Å². The van der Waals surface area contributed by atoms with Crippen molar-refractivity contribution in [2.24, 2.45) is 5.92 Å². The molecule has 0 heterocycles. The van der Waals surface area contributed by atoms with Gasteiger partial charge in [-0.15, -0.1) is 0 Å². The van der Waals surface area contributed by atoms with E-state index in [9.17, 15) is 14.7 Å². The van der Waals surface area contributed by atoms with Crippen LogP contribution in [0, 0.1) is 5.92 Å². The van der Waals surface area contributed by atoms with Crippen molar-refractivity contribution in [1.82, 2.24) is 15.8 Å². The second kappa shape index (κ2) is 8.26. The third kappa shape index (κ3) is 4.33. The maximum atomic E-state index is 12.8. The molecule has 24 heavy (non-hydrogen) atoms. The SMILES string of the molecule is CN(C)CC(=O)NNC(=O)C(O)(c1ccccc1)C1CCCCC1. The molecule has 0 spiro atoms. The van der Waals surface area contributed by atoms with Gasteiger partial charge in [0.1, 0.15) is 0 Å². The molecule has 6 nitrogen and oxygen atoms in total. The number of hydrazine groups is 1. The summed E-state index contributed by atoms with van der Waals surface area (Å²) in [5.41, 5.74) is 3.73. The van der Waals surface area contributed by atoms with E-state index in [0.29, 0.717) is 5.56 Å². The lowest BCUT2D eigenvalue weighted by atomic mass is 9.73. The molecule has 6 heteroatoms. The summed E-state index contributed by atoms with van der Waals surface area (Å²) in [7, 11) is 3.54. The molecule has 1 fully saturated rings. The van der Waals surface area contributed by atoms with Crippen molar-refractivity contribution >= 4 is 11.8 Å². The molecule has 1 aliphatic carbocycles. The Bertz CT molecular complexity index is 556. The summed E-state index contributed by atoms with van der Waals surface area (Å²) in [6, 6.07) is 8.98. The molecule has 2 amide bonds. The molecular formula is C18H27N3O3. The predicted molar refractivity (Wildman–Crippen MR) is 91.8 cm³/mol. The number of benzene rings is 1. The number of likely N-dealkylation sites (N-methyl/N-ethyl adjacent to an activating group) is 1. The number of amides is 2. The second-order valence-corrected chi connectivity index (χ2v) is 6.71. The fraction of sp³-hybridized carbons (Fsp3) is 0.556. The number of carbonyl (C=O) groups is 2. The Kier molecular flexibility index (Phi) is 6.34. The number of hydrogen-bond donors (Lipinski definition) is 3. The Morgan fingerprint density at radius 3 is 2.33 bits per heavy atom. The first-order valence-corrected chi connectivity index (χ1v) is 8.46. The zero-order chi connectivity index (χ0) is 17.6. The third-order valence-electron chi connectivity index (χ3n) is 4.53. The van der Waals surface area contributed by atoms with Gasteiger partial charge >= 0.3 is 0 Å². The van der Waals surface area contributed by atoms with E-state index in [1.54, 1.807) is 43.3 Å². The Morgan fingerprint density at radius 2 is 1.75 bits per heavy atom. The Balaban J connectivity index is 2.16. The van der Waals surface area contributed by atoms with Crippen LogP contribution in [0.4, 0.5) is 0 Å². The van der Waals surface area contributed by atoms with Crippen LogP contribution in [0.1, 0.15) is 37.7 Å². The maximum absolute atomic E-state index is 12.8. The summed E-state index contributed by atoms with van der Waals surface area (Å²) in [5, 5.41) is 11.3. The molecule has 1 saturated carbocycles. The highest BCUT2D eigenvalue weighted by Crippen LogP contribution is 2.39. The van der Waals surface area contributed by atoms with Gasteiger partial charge in [-0.2, -0.15) is 0 Å². The first-order chi connectivity index (χ1) is 11.4. The van der Waals surface area contributed by atoms with E-state index in [1.807, 2.05) is 6.07 Å². The molecular weight excluding hydrogens is 306 g/mol. The number of nitrogens with one attached hydrogen (secondary N) is 2. The fourth-order valence-corrected chi connectivity index (χ4v) is 3.31. The molecule has 0 radical (unpaired) electrons.